The zero-order valence-corrected chi connectivity index (χ0v) is 13.4. The third-order valence-electron chi connectivity index (χ3n) is 3.37. The van der Waals surface area contributed by atoms with E-state index in [0.29, 0.717) is 31.0 Å². The van der Waals surface area contributed by atoms with E-state index in [2.05, 4.69) is 10.6 Å². The van der Waals surface area contributed by atoms with Crippen LogP contribution in [0.25, 0.3) is 0 Å². The summed E-state index contributed by atoms with van der Waals surface area (Å²) in [6.07, 6.45) is 0.460. The minimum Gasteiger partial charge on any atom is -0.457 e. The molecule has 2 rings (SSSR count). The van der Waals surface area contributed by atoms with Crippen LogP contribution < -0.4 is 15.4 Å². The van der Waals surface area contributed by atoms with Crippen LogP contribution in [0.5, 0.6) is 11.5 Å². The zero-order chi connectivity index (χ0) is 16.7. The Kier molecular flexibility index (Phi) is 6.11. The quantitative estimate of drug-likeness (QED) is 0.825. The Labute approximate surface area is 135 Å². The minimum atomic E-state index is -0.293. The summed E-state index contributed by atoms with van der Waals surface area (Å²) in [5.74, 6) is 1.02. The summed E-state index contributed by atoms with van der Waals surface area (Å²) in [5.41, 5.74) is 1.96. The number of amides is 1. The highest BCUT2D eigenvalue weighted by Crippen LogP contribution is 2.25. The van der Waals surface area contributed by atoms with Crippen molar-refractivity contribution in [2.45, 2.75) is 19.9 Å². The predicted octanol–water partition coefficient (Wildman–Crippen LogP) is 3.15. The van der Waals surface area contributed by atoms with Crippen LogP contribution in [0.4, 0.5) is 4.39 Å². The van der Waals surface area contributed by atoms with Gasteiger partial charge >= 0.3 is 0 Å². The molecule has 2 aromatic carbocycles. The highest BCUT2D eigenvalue weighted by atomic mass is 19.1. The van der Waals surface area contributed by atoms with Crippen molar-refractivity contribution in [2.75, 3.05) is 13.6 Å². The normalized spacial score (nSPS) is 10.4. The molecule has 2 N–H and O–H groups in total. The van der Waals surface area contributed by atoms with Crippen molar-refractivity contribution in [1.82, 2.24) is 10.6 Å². The molecule has 122 valence electrons. The van der Waals surface area contributed by atoms with Crippen molar-refractivity contribution < 1.29 is 13.9 Å². The molecule has 0 saturated heterocycles. The van der Waals surface area contributed by atoms with Gasteiger partial charge in [0.15, 0.2) is 0 Å². The molecule has 0 radical (unpaired) electrons. The summed E-state index contributed by atoms with van der Waals surface area (Å²) >= 11 is 0. The van der Waals surface area contributed by atoms with Crippen LogP contribution in [0.1, 0.15) is 17.5 Å². The van der Waals surface area contributed by atoms with Crippen LogP contribution in [0.3, 0.4) is 0 Å². The van der Waals surface area contributed by atoms with E-state index < -0.39 is 0 Å². The highest BCUT2D eigenvalue weighted by Gasteiger charge is 2.05. The van der Waals surface area contributed by atoms with Crippen LogP contribution in [0, 0.1) is 12.7 Å². The molecule has 0 aromatic heterocycles. The molecule has 2 aromatic rings. The van der Waals surface area contributed by atoms with Gasteiger partial charge in [0, 0.05) is 19.5 Å². The Balaban J connectivity index is 1.94. The summed E-state index contributed by atoms with van der Waals surface area (Å²) < 4.78 is 18.6. The second-order valence-corrected chi connectivity index (χ2v) is 5.29. The molecule has 0 atom stereocenters. The Hall–Kier alpha value is -2.40. The number of aryl methyl sites for hydroxylation is 1. The van der Waals surface area contributed by atoms with E-state index in [9.17, 15) is 9.18 Å². The lowest BCUT2D eigenvalue weighted by molar-refractivity contribution is -0.121. The Morgan fingerprint density at radius 3 is 2.57 bits per heavy atom. The fraction of sp³-hybridized carbons (Fsp3) is 0.278. The van der Waals surface area contributed by atoms with E-state index >= 15 is 0 Å². The van der Waals surface area contributed by atoms with Crippen molar-refractivity contribution in [1.29, 1.82) is 0 Å². The average Bonchev–Trinajstić information content (AvgIpc) is 2.55. The van der Waals surface area contributed by atoms with Gasteiger partial charge in [-0.15, -0.1) is 0 Å². The summed E-state index contributed by atoms with van der Waals surface area (Å²) in [6.45, 7) is 3.08. The molecule has 1 amide bonds. The van der Waals surface area contributed by atoms with E-state index in [-0.39, 0.29) is 11.7 Å². The lowest BCUT2D eigenvalue weighted by Gasteiger charge is -2.11. The van der Waals surface area contributed by atoms with E-state index in [4.69, 9.17) is 4.74 Å². The van der Waals surface area contributed by atoms with Gasteiger partial charge in [-0.05, 0) is 55.4 Å². The van der Waals surface area contributed by atoms with Gasteiger partial charge in [-0.3, -0.25) is 4.79 Å². The van der Waals surface area contributed by atoms with Gasteiger partial charge in [0.1, 0.15) is 17.3 Å². The first-order chi connectivity index (χ1) is 11.1. The highest BCUT2D eigenvalue weighted by molar-refractivity contribution is 5.76. The average molecular weight is 316 g/mol. The standard InChI is InChI=1S/C18H21FN2O2/c1-13-11-14(12-21-18(22)9-10-20-2)3-8-17(13)23-16-6-4-15(19)5-7-16/h3-8,11,20H,9-10,12H2,1-2H3,(H,21,22). The molecule has 0 heterocycles. The summed E-state index contributed by atoms with van der Waals surface area (Å²) in [6, 6.07) is 11.6. The molecule has 0 spiro atoms. The first-order valence-electron chi connectivity index (χ1n) is 7.52. The monoisotopic (exact) mass is 316 g/mol. The number of ether oxygens (including phenoxy) is 1. The second-order valence-electron chi connectivity index (χ2n) is 5.29. The molecule has 0 unspecified atom stereocenters. The molecule has 0 aliphatic heterocycles. The van der Waals surface area contributed by atoms with Crippen LogP contribution in [-0.2, 0) is 11.3 Å². The van der Waals surface area contributed by atoms with Crippen LogP contribution in [0.15, 0.2) is 42.5 Å². The topological polar surface area (TPSA) is 50.4 Å². The molecule has 0 aliphatic carbocycles. The van der Waals surface area contributed by atoms with Gasteiger partial charge in [-0.1, -0.05) is 12.1 Å². The Morgan fingerprint density at radius 1 is 1.17 bits per heavy atom. The van der Waals surface area contributed by atoms with E-state index in [1.807, 2.05) is 32.2 Å². The zero-order valence-electron chi connectivity index (χ0n) is 13.4. The molecule has 0 bridgehead atoms. The molecule has 0 fully saturated rings. The summed E-state index contributed by atoms with van der Waals surface area (Å²) in [5, 5.41) is 5.81. The Bertz CT molecular complexity index is 657. The maximum Gasteiger partial charge on any atom is 0.221 e. The SMILES string of the molecule is CNCCC(=O)NCc1ccc(Oc2ccc(F)cc2)c(C)c1. The second kappa shape index (κ2) is 8.29. The van der Waals surface area contributed by atoms with E-state index in [0.717, 1.165) is 11.1 Å². The van der Waals surface area contributed by atoms with Gasteiger partial charge < -0.3 is 15.4 Å². The van der Waals surface area contributed by atoms with Gasteiger partial charge in [-0.25, -0.2) is 4.39 Å². The Morgan fingerprint density at radius 2 is 1.91 bits per heavy atom. The van der Waals surface area contributed by atoms with Gasteiger partial charge in [-0.2, -0.15) is 0 Å². The van der Waals surface area contributed by atoms with Crippen molar-refractivity contribution in [3.05, 3.63) is 59.4 Å². The first-order valence-corrected chi connectivity index (χ1v) is 7.52. The van der Waals surface area contributed by atoms with Crippen molar-refractivity contribution >= 4 is 5.91 Å². The summed E-state index contributed by atoms with van der Waals surface area (Å²) in [4.78, 5) is 11.6. The third-order valence-corrected chi connectivity index (χ3v) is 3.37. The lowest BCUT2D eigenvalue weighted by atomic mass is 10.1. The molecule has 5 heteroatoms. The maximum absolute atomic E-state index is 12.9. The van der Waals surface area contributed by atoms with Crippen molar-refractivity contribution in [3.63, 3.8) is 0 Å². The van der Waals surface area contributed by atoms with Gasteiger partial charge in [0.05, 0.1) is 0 Å². The van der Waals surface area contributed by atoms with Crippen LogP contribution >= 0.6 is 0 Å². The fourth-order valence-electron chi connectivity index (χ4n) is 2.09. The molecule has 4 nitrogen and oxygen atoms in total. The summed E-state index contributed by atoms with van der Waals surface area (Å²) in [7, 11) is 1.82. The number of carbonyl (C=O) groups is 1. The number of halogens is 1. The molecular formula is C18H21FN2O2. The van der Waals surface area contributed by atoms with E-state index in [1.165, 1.54) is 12.1 Å². The third kappa shape index (κ3) is 5.38. The number of carbonyl (C=O) groups excluding carboxylic acids is 1. The number of nitrogens with one attached hydrogen (secondary N) is 2. The molecule has 0 saturated carbocycles. The predicted molar refractivity (Wildman–Crippen MR) is 88.0 cm³/mol. The number of hydrogen-bond acceptors (Lipinski definition) is 3. The van der Waals surface area contributed by atoms with Crippen molar-refractivity contribution in [3.8, 4) is 11.5 Å². The maximum atomic E-state index is 12.9. The number of rotatable bonds is 7. The van der Waals surface area contributed by atoms with E-state index in [1.54, 1.807) is 12.1 Å². The first kappa shape index (κ1) is 17.0. The van der Waals surface area contributed by atoms with Crippen LogP contribution in [0.2, 0.25) is 0 Å². The largest absolute Gasteiger partial charge is 0.457 e. The molecule has 23 heavy (non-hydrogen) atoms. The number of hydrogen-bond donors (Lipinski definition) is 2. The van der Waals surface area contributed by atoms with Gasteiger partial charge in [0.2, 0.25) is 5.91 Å². The minimum absolute atomic E-state index is 0.0173. The fourth-order valence-corrected chi connectivity index (χ4v) is 2.09. The number of benzene rings is 2. The van der Waals surface area contributed by atoms with Crippen LogP contribution in [-0.4, -0.2) is 19.5 Å². The molecule has 0 aliphatic rings. The smallest absolute Gasteiger partial charge is 0.221 e. The lowest BCUT2D eigenvalue weighted by Crippen LogP contribution is -2.26. The van der Waals surface area contributed by atoms with Gasteiger partial charge in [0.25, 0.3) is 0 Å². The van der Waals surface area contributed by atoms with Crippen molar-refractivity contribution in [2.24, 2.45) is 0 Å². The molecular weight excluding hydrogens is 295 g/mol.